The Morgan fingerprint density at radius 1 is 0.906 bits per heavy atom. The van der Waals surface area contributed by atoms with E-state index >= 15 is 0 Å². The van der Waals surface area contributed by atoms with Crippen LogP contribution in [0.3, 0.4) is 0 Å². The summed E-state index contributed by atoms with van der Waals surface area (Å²) in [6.07, 6.45) is 1.57. The molecule has 1 saturated heterocycles. The number of hydrogen-bond acceptors (Lipinski definition) is 8. The Morgan fingerprint density at radius 3 is 2.22 bits per heavy atom. The third kappa shape index (κ3) is 4.86. The third-order valence-electron chi connectivity index (χ3n) is 5.40. The minimum Gasteiger partial charge on any atom is -0.493 e. The van der Waals surface area contributed by atoms with Gasteiger partial charge in [0.2, 0.25) is 5.75 Å². The first-order valence-corrected chi connectivity index (χ1v) is 10.5. The van der Waals surface area contributed by atoms with E-state index in [-0.39, 0.29) is 0 Å². The van der Waals surface area contributed by atoms with Gasteiger partial charge in [-0.15, -0.1) is 0 Å². The molecule has 32 heavy (non-hydrogen) atoms. The fraction of sp³-hybridized carbons (Fsp3) is 0.333. The number of anilines is 2. The first-order chi connectivity index (χ1) is 15.7. The molecule has 0 unspecified atom stereocenters. The molecule has 2 aromatic carbocycles. The van der Waals surface area contributed by atoms with Gasteiger partial charge in [-0.2, -0.15) is 0 Å². The Labute approximate surface area is 188 Å². The van der Waals surface area contributed by atoms with E-state index in [1.165, 1.54) is 5.69 Å². The molecule has 0 bridgehead atoms. The Hall–Kier alpha value is -3.52. The fourth-order valence-electron chi connectivity index (χ4n) is 3.71. The van der Waals surface area contributed by atoms with Gasteiger partial charge >= 0.3 is 0 Å². The molecule has 168 valence electrons. The zero-order valence-corrected chi connectivity index (χ0v) is 18.6. The van der Waals surface area contributed by atoms with Crippen LogP contribution in [0.5, 0.6) is 17.2 Å². The summed E-state index contributed by atoms with van der Waals surface area (Å²) in [5, 5.41) is 3.35. The molecule has 1 aliphatic rings. The highest BCUT2D eigenvalue weighted by molar-refractivity contribution is 5.65. The second kappa shape index (κ2) is 10.2. The van der Waals surface area contributed by atoms with E-state index in [9.17, 15) is 0 Å². The molecule has 8 heteroatoms. The van der Waals surface area contributed by atoms with Crippen LogP contribution in [0.1, 0.15) is 5.56 Å². The van der Waals surface area contributed by atoms with Gasteiger partial charge in [0.1, 0.15) is 12.1 Å². The summed E-state index contributed by atoms with van der Waals surface area (Å²) in [6, 6.07) is 14.2. The fourth-order valence-corrected chi connectivity index (χ4v) is 3.71. The summed E-state index contributed by atoms with van der Waals surface area (Å²) in [5.74, 6) is 2.55. The lowest BCUT2D eigenvalue weighted by molar-refractivity contribution is 0.122. The Bertz CT molecular complexity index is 1010. The van der Waals surface area contributed by atoms with Crippen molar-refractivity contribution in [2.24, 2.45) is 0 Å². The normalized spacial score (nSPS) is 13.5. The molecule has 0 saturated carbocycles. The Morgan fingerprint density at radius 2 is 1.59 bits per heavy atom. The Balaban J connectivity index is 1.47. The minimum atomic E-state index is 0.545. The molecule has 8 nitrogen and oxygen atoms in total. The van der Waals surface area contributed by atoms with Crippen LogP contribution < -0.4 is 24.4 Å². The first-order valence-electron chi connectivity index (χ1n) is 10.5. The first kappa shape index (κ1) is 21.7. The van der Waals surface area contributed by atoms with Gasteiger partial charge in [-0.05, 0) is 29.8 Å². The number of ether oxygens (including phenoxy) is 4. The second-order valence-electron chi connectivity index (χ2n) is 7.32. The van der Waals surface area contributed by atoms with Crippen LogP contribution >= 0.6 is 0 Å². The number of morpholine rings is 1. The SMILES string of the molecule is COc1cc(CNc2cc(-c3ccc(N4CCOCC4)cc3)ncn2)cc(OC)c1OC. The maximum Gasteiger partial charge on any atom is 0.203 e. The van der Waals surface area contributed by atoms with Gasteiger partial charge in [-0.3, -0.25) is 0 Å². The molecular weight excluding hydrogens is 408 g/mol. The molecule has 1 N–H and O–H groups in total. The van der Waals surface area contributed by atoms with Crippen LogP contribution in [-0.4, -0.2) is 57.6 Å². The quantitative estimate of drug-likeness (QED) is 0.574. The van der Waals surface area contributed by atoms with Gasteiger partial charge in [0.15, 0.2) is 11.5 Å². The minimum absolute atomic E-state index is 0.545. The number of aromatic nitrogens is 2. The Kier molecular flexibility index (Phi) is 6.91. The summed E-state index contributed by atoms with van der Waals surface area (Å²) < 4.78 is 21.7. The maximum absolute atomic E-state index is 5.43. The van der Waals surface area contributed by atoms with E-state index in [4.69, 9.17) is 18.9 Å². The van der Waals surface area contributed by atoms with Crippen LogP contribution in [0.25, 0.3) is 11.3 Å². The summed E-state index contributed by atoms with van der Waals surface area (Å²) in [7, 11) is 4.80. The van der Waals surface area contributed by atoms with Gasteiger partial charge in [0, 0.05) is 37.0 Å². The van der Waals surface area contributed by atoms with E-state index in [0.717, 1.165) is 48.9 Å². The number of nitrogens with zero attached hydrogens (tertiary/aromatic N) is 3. The highest BCUT2D eigenvalue weighted by atomic mass is 16.5. The van der Waals surface area contributed by atoms with E-state index in [2.05, 4.69) is 44.5 Å². The van der Waals surface area contributed by atoms with Crippen LogP contribution in [0.2, 0.25) is 0 Å². The molecule has 1 aromatic heterocycles. The molecule has 0 amide bonds. The van der Waals surface area contributed by atoms with Crippen molar-refractivity contribution in [3.05, 3.63) is 54.4 Å². The monoisotopic (exact) mass is 436 g/mol. The third-order valence-corrected chi connectivity index (χ3v) is 5.40. The number of hydrogen-bond donors (Lipinski definition) is 1. The topological polar surface area (TPSA) is 78.0 Å². The predicted molar refractivity (Wildman–Crippen MR) is 124 cm³/mol. The van der Waals surface area contributed by atoms with Crippen LogP contribution in [0, 0.1) is 0 Å². The number of benzene rings is 2. The van der Waals surface area contributed by atoms with Crippen LogP contribution in [0.15, 0.2) is 48.8 Å². The molecule has 2 heterocycles. The zero-order chi connectivity index (χ0) is 22.3. The van der Waals surface area contributed by atoms with Crippen LogP contribution in [0.4, 0.5) is 11.5 Å². The lowest BCUT2D eigenvalue weighted by Gasteiger charge is -2.28. The van der Waals surface area contributed by atoms with E-state index < -0.39 is 0 Å². The molecule has 0 atom stereocenters. The van der Waals surface area contributed by atoms with Gasteiger partial charge in [0.05, 0.1) is 40.2 Å². The smallest absolute Gasteiger partial charge is 0.203 e. The van der Waals surface area contributed by atoms with Gasteiger partial charge < -0.3 is 29.2 Å². The van der Waals surface area contributed by atoms with Crippen molar-refractivity contribution in [3.8, 4) is 28.5 Å². The van der Waals surface area contributed by atoms with Crippen molar-refractivity contribution in [2.45, 2.75) is 6.54 Å². The largest absolute Gasteiger partial charge is 0.493 e. The summed E-state index contributed by atoms with van der Waals surface area (Å²) in [5.41, 5.74) is 4.09. The van der Waals surface area contributed by atoms with Crippen molar-refractivity contribution >= 4 is 11.5 Å². The average Bonchev–Trinajstić information content (AvgIpc) is 2.87. The van der Waals surface area contributed by atoms with E-state index in [0.29, 0.717) is 23.8 Å². The molecule has 0 aliphatic carbocycles. The maximum atomic E-state index is 5.43. The van der Waals surface area contributed by atoms with Crippen molar-refractivity contribution in [1.29, 1.82) is 0 Å². The number of methoxy groups -OCH3 is 3. The summed E-state index contributed by atoms with van der Waals surface area (Å²) in [4.78, 5) is 11.1. The van der Waals surface area contributed by atoms with Crippen molar-refractivity contribution in [1.82, 2.24) is 9.97 Å². The van der Waals surface area contributed by atoms with Crippen molar-refractivity contribution < 1.29 is 18.9 Å². The van der Waals surface area contributed by atoms with Crippen LogP contribution in [-0.2, 0) is 11.3 Å². The van der Waals surface area contributed by atoms with E-state index in [1.807, 2.05) is 18.2 Å². The van der Waals surface area contributed by atoms with Crippen molar-refractivity contribution in [3.63, 3.8) is 0 Å². The molecule has 0 spiro atoms. The summed E-state index contributed by atoms with van der Waals surface area (Å²) in [6.45, 7) is 3.93. The molecule has 1 fully saturated rings. The van der Waals surface area contributed by atoms with Crippen molar-refractivity contribution in [2.75, 3.05) is 57.8 Å². The highest BCUT2D eigenvalue weighted by Crippen LogP contribution is 2.38. The van der Waals surface area contributed by atoms with Gasteiger partial charge in [-0.1, -0.05) is 12.1 Å². The summed E-state index contributed by atoms with van der Waals surface area (Å²) >= 11 is 0. The molecule has 4 rings (SSSR count). The zero-order valence-electron chi connectivity index (χ0n) is 18.6. The lowest BCUT2D eigenvalue weighted by atomic mass is 10.1. The standard InChI is InChI=1S/C24H28N4O4/c1-29-21-12-17(13-22(30-2)24(21)31-3)15-25-23-14-20(26-16-27-23)18-4-6-19(7-5-18)28-8-10-32-11-9-28/h4-7,12-14,16H,8-11,15H2,1-3H3,(H,25,26,27). The molecular formula is C24H28N4O4. The second-order valence-corrected chi connectivity index (χ2v) is 7.32. The van der Waals surface area contributed by atoms with Gasteiger partial charge in [-0.25, -0.2) is 9.97 Å². The number of rotatable bonds is 8. The van der Waals surface area contributed by atoms with E-state index in [1.54, 1.807) is 27.7 Å². The molecule has 3 aromatic rings. The lowest BCUT2D eigenvalue weighted by Crippen LogP contribution is -2.36. The van der Waals surface area contributed by atoms with Gasteiger partial charge in [0.25, 0.3) is 0 Å². The molecule has 0 radical (unpaired) electrons. The highest BCUT2D eigenvalue weighted by Gasteiger charge is 2.14. The predicted octanol–water partition coefficient (Wildman–Crippen LogP) is 3.62. The average molecular weight is 437 g/mol. The molecule has 1 aliphatic heterocycles. The number of nitrogens with one attached hydrogen (secondary N) is 1.